The molecule has 41 heavy (non-hydrogen) atoms. The van der Waals surface area contributed by atoms with E-state index in [0.717, 1.165) is 16.7 Å². The lowest BCUT2D eigenvalue weighted by molar-refractivity contribution is -0.148. The van der Waals surface area contributed by atoms with Crippen LogP contribution in [0.25, 0.3) is 11.1 Å². The summed E-state index contributed by atoms with van der Waals surface area (Å²) in [5.74, 6) is -2.26. The van der Waals surface area contributed by atoms with E-state index in [1.807, 2.05) is 49.4 Å². The fourth-order valence-corrected chi connectivity index (χ4v) is 4.26. The van der Waals surface area contributed by atoms with Crippen molar-refractivity contribution >= 4 is 35.1 Å². The molecule has 0 saturated carbocycles. The van der Waals surface area contributed by atoms with Crippen molar-refractivity contribution in [2.45, 2.75) is 26.4 Å². The van der Waals surface area contributed by atoms with Gasteiger partial charge in [-0.05, 0) is 54.4 Å². The normalized spacial score (nSPS) is 10.5. The number of nitrogens with one attached hydrogen (secondary N) is 1. The van der Waals surface area contributed by atoms with Gasteiger partial charge in [-0.15, -0.1) is 0 Å². The lowest BCUT2D eigenvalue weighted by Crippen LogP contribution is -2.27. The highest BCUT2D eigenvalue weighted by Gasteiger charge is 2.18. The van der Waals surface area contributed by atoms with Crippen LogP contribution in [0.4, 0.5) is 11.4 Å². The topological polar surface area (TPSA) is 113 Å². The molecule has 0 radical (unpaired) electrons. The van der Waals surface area contributed by atoms with Crippen LogP contribution >= 0.6 is 0 Å². The molecule has 208 valence electrons. The third-order valence-corrected chi connectivity index (χ3v) is 6.51. The molecule has 0 bridgehead atoms. The molecule has 0 spiro atoms. The molecular weight excluding hydrogens is 520 g/mol. The van der Waals surface area contributed by atoms with Gasteiger partial charge in [-0.2, -0.15) is 0 Å². The Hall–Kier alpha value is -5.24. The standard InChI is InChI=1S/C33H30N2O6/c1-22-11-13-23(14-12-22)27-8-4-5-9-28(27)32(39)34-26-17-15-24(16-18-26)33(40)35(2)29-10-6-3-7-25(29)21-41-31(38)20-19-30(36)37/h3-18H,19-21H2,1-2H3,(H,34,39)(H,36,37). The van der Waals surface area contributed by atoms with Gasteiger partial charge >= 0.3 is 11.9 Å². The minimum Gasteiger partial charge on any atom is -0.481 e. The maximum Gasteiger partial charge on any atom is 0.306 e. The molecule has 4 rings (SSSR count). The number of carboxylic acids is 1. The van der Waals surface area contributed by atoms with Crippen LogP contribution in [0.2, 0.25) is 0 Å². The van der Waals surface area contributed by atoms with E-state index in [9.17, 15) is 19.2 Å². The van der Waals surface area contributed by atoms with E-state index < -0.39 is 11.9 Å². The minimum absolute atomic E-state index is 0.0960. The van der Waals surface area contributed by atoms with Gasteiger partial charge < -0.3 is 20.1 Å². The zero-order valence-electron chi connectivity index (χ0n) is 22.8. The summed E-state index contributed by atoms with van der Waals surface area (Å²) in [6, 6.07) is 29.0. The van der Waals surface area contributed by atoms with Crippen LogP contribution in [0, 0.1) is 6.92 Å². The number of hydrogen-bond acceptors (Lipinski definition) is 5. The van der Waals surface area contributed by atoms with Crippen molar-refractivity contribution in [3.8, 4) is 11.1 Å². The molecule has 2 N–H and O–H groups in total. The Kier molecular flexibility index (Phi) is 9.27. The SMILES string of the molecule is Cc1ccc(-c2ccccc2C(=O)Nc2ccc(C(=O)N(C)c3ccccc3COC(=O)CCC(=O)O)cc2)cc1. The Balaban J connectivity index is 1.43. The van der Waals surface area contributed by atoms with Crippen LogP contribution < -0.4 is 10.2 Å². The van der Waals surface area contributed by atoms with E-state index in [4.69, 9.17) is 9.84 Å². The molecule has 8 heteroatoms. The number of carbonyl (C=O) groups excluding carboxylic acids is 3. The molecule has 2 amide bonds. The van der Waals surface area contributed by atoms with Crippen LogP contribution in [-0.2, 0) is 20.9 Å². The molecule has 8 nitrogen and oxygen atoms in total. The lowest BCUT2D eigenvalue weighted by atomic mass is 9.98. The number of aryl methyl sites for hydroxylation is 1. The second-order valence-corrected chi connectivity index (χ2v) is 9.49. The van der Waals surface area contributed by atoms with Crippen molar-refractivity contribution in [2.75, 3.05) is 17.3 Å². The summed E-state index contributed by atoms with van der Waals surface area (Å²) in [7, 11) is 1.62. The van der Waals surface area contributed by atoms with E-state index in [1.165, 1.54) is 4.90 Å². The number of anilines is 2. The first-order valence-corrected chi connectivity index (χ1v) is 13.0. The fraction of sp³-hybridized carbons (Fsp3) is 0.152. The summed E-state index contributed by atoms with van der Waals surface area (Å²) in [6.07, 6.45) is -0.540. The van der Waals surface area contributed by atoms with Gasteiger partial charge in [-0.25, -0.2) is 0 Å². The summed E-state index contributed by atoms with van der Waals surface area (Å²) >= 11 is 0. The Bertz CT molecular complexity index is 1560. The van der Waals surface area contributed by atoms with Crippen molar-refractivity contribution in [3.63, 3.8) is 0 Å². The average molecular weight is 551 g/mol. The van der Waals surface area contributed by atoms with Gasteiger partial charge in [0.1, 0.15) is 6.61 Å². The van der Waals surface area contributed by atoms with E-state index in [-0.39, 0.29) is 31.3 Å². The first-order valence-electron chi connectivity index (χ1n) is 13.0. The lowest BCUT2D eigenvalue weighted by Gasteiger charge is -2.21. The van der Waals surface area contributed by atoms with Gasteiger partial charge in [0, 0.05) is 29.4 Å². The Morgan fingerprint density at radius 2 is 1.46 bits per heavy atom. The van der Waals surface area contributed by atoms with E-state index in [0.29, 0.717) is 28.1 Å². The predicted molar refractivity (Wildman–Crippen MR) is 157 cm³/mol. The molecule has 0 unspecified atom stereocenters. The van der Waals surface area contributed by atoms with Crippen LogP contribution in [0.15, 0.2) is 97.1 Å². The molecule has 4 aromatic rings. The van der Waals surface area contributed by atoms with Gasteiger partial charge in [-0.3, -0.25) is 19.2 Å². The Morgan fingerprint density at radius 1 is 0.805 bits per heavy atom. The summed E-state index contributed by atoms with van der Waals surface area (Å²) in [6.45, 7) is 1.92. The third-order valence-electron chi connectivity index (χ3n) is 6.51. The molecule has 0 atom stereocenters. The first kappa shape index (κ1) is 28.8. The van der Waals surface area contributed by atoms with Gasteiger partial charge in [0.25, 0.3) is 11.8 Å². The van der Waals surface area contributed by atoms with E-state index in [1.54, 1.807) is 61.6 Å². The molecular formula is C33H30N2O6. The Morgan fingerprint density at radius 3 is 2.17 bits per heavy atom. The number of benzene rings is 4. The summed E-state index contributed by atoms with van der Waals surface area (Å²) in [5.41, 5.74) is 5.54. The number of nitrogens with zero attached hydrogens (tertiary/aromatic N) is 1. The number of amides is 2. The van der Waals surface area contributed by atoms with Crippen molar-refractivity contribution in [1.82, 2.24) is 0 Å². The second kappa shape index (κ2) is 13.2. The highest BCUT2D eigenvalue weighted by molar-refractivity contribution is 6.09. The number of esters is 1. The smallest absolute Gasteiger partial charge is 0.306 e. The van der Waals surface area contributed by atoms with Crippen molar-refractivity contribution in [2.24, 2.45) is 0 Å². The van der Waals surface area contributed by atoms with Gasteiger partial charge in [0.05, 0.1) is 18.5 Å². The summed E-state index contributed by atoms with van der Waals surface area (Å²) < 4.78 is 5.21. The van der Waals surface area contributed by atoms with Crippen molar-refractivity contribution in [1.29, 1.82) is 0 Å². The highest BCUT2D eigenvalue weighted by atomic mass is 16.5. The van der Waals surface area contributed by atoms with Crippen LogP contribution in [0.5, 0.6) is 0 Å². The monoisotopic (exact) mass is 550 g/mol. The molecule has 0 saturated heterocycles. The van der Waals surface area contributed by atoms with Crippen LogP contribution in [0.1, 0.15) is 44.7 Å². The zero-order chi connectivity index (χ0) is 29.4. The molecule has 0 heterocycles. The minimum atomic E-state index is -1.08. The number of aliphatic carboxylic acids is 1. The zero-order valence-corrected chi connectivity index (χ0v) is 22.8. The van der Waals surface area contributed by atoms with Gasteiger partial charge in [0.15, 0.2) is 0 Å². The number of carboxylic acid groups (broad SMARTS) is 1. The van der Waals surface area contributed by atoms with Crippen molar-refractivity contribution < 1.29 is 29.0 Å². The molecule has 0 aliphatic rings. The molecule has 0 aliphatic carbocycles. The highest BCUT2D eigenvalue weighted by Crippen LogP contribution is 2.26. The molecule has 0 aromatic heterocycles. The maximum absolute atomic E-state index is 13.3. The number of ether oxygens (including phenoxy) is 1. The number of carbonyl (C=O) groups is 4. The van der Waals surface area contributed by atoms with E-state index >= 15 is 0 Å². The number of rotatable bonds is 10. The maximum atomic E-state index is 13.3. The molecule has 4 aromatic carbocycles. The van der Waals surface area contributed by atoms with Crippen LogP contribution in [0.3, 0.4) is 0 Å². The summed E-state index contributed by atoms with van der Waals surface area (Å²) in [5, 5.41) is 11.6. The largest absolute Gasteiger partial charge is 0.481 e. The van der Waals surface area contributed by atoms with Gasteiger partial charge in [0.2, 0.25) is 0 Å². The molecule has 0 fully saturated rings. The number of hydrogen-bond donors (Lipinski definition) is 2. The van der Waals surface area contributed by atoms with Crippen molar-refractivity contribution in [3.05, 3.63) is 119 Å². The number of para-hydroxylation sites is 1. The fourth-order valence-electron chi connectivity index (χ4n) is 4.26. The predicted octanol–water partition coefficient (Wildman–Crippen LogP) is 6.10. The average Bonchev–Trinajstić information content (AvgIpc) is 2.99. The summed E-state index contributed by atoms with van der Waals surface area (Å²) in [4.78, 5) is 50.4. The molecule has 0 aliphatic heterocycles. The van der Waals surface area contributed by atoms with Crippen LogP contribution in [-0.4, -0.2) is 35.9 Å². The second-order valence-electron chi connectivity index (χ2n) is 9.49. The Labute approximate surface area is 238 Å². The first-order chi connectivity index (χ1) is 19.7. The van der Waals surface area contributed by atoms with Gasteiger partial charge in [-0.1, -0.05) is 66.2 Å². The third kappa shape index (κ3) is 7.45. The van der Waals surface area contributed by atoms with E-state index in [2.05, 4.69) is 5.32 Å². The quantitative estimate of drug-likeness (QED) is 0.231.